The second-order valence-corrected chi connectivity index (χ2v) is 5.22. The van der Waals surface area contributed by atoms with Gasteiger partial charge in [-0.1, -0.05) is 32.9 Å². The van der Waals surface area contributed by atoms with Crippen LogP contribution >= 0.6 is 0 Å². The highest BCUT2D eigenvalue weighted by Gasteiger charge is 2.32. The minimum absolute atomic E-state index is 0.0991. The second kappa shape index (κ2) is 5.58. The van der Waals surface area contributed by atoms with Gasteiger partial charge in [0.2, 0.25) is 0 Å². The lowest BCUT2D eigenvalue weighted by molar-refractivity contribution is -0.0120. The van der Waals surface area contributed by atoms with E-state index in [0.717, 1.165) is 5.56 Å². The maximum Gasteiger partial charge on any atom is 0.123 e. The molecule has 1 aromatic carbocycles. The SMILES string of the molecule is COC(C(NN)c1cccc(F)c1)C(C)(C)C. The quantitative estimate of drug-likeness (QED) is 0.627. The van der Waals surface area contributed by atoms with Crippen molar-refractivity contribution in [2.75, 3.05) is 7.11 Å². The second-order valence-electron chi connectivity index (χ2n) is 5.22. The van der Waals surface area contributed by atoms with E-state index in [2.05, 4.69) is 26.2 Å². The molecule has 0 aliphatic heterocycles. The Kier molecular flexibility index (Phi) is 4.62. The molecule has 0 heterocycles. The third-order valence-corrected chi connectivity index (χ3v) is 2.80. The fraction of sp³-hybridized carbons (Fsp3) is 0.538. The predicted octanol–water partition coefficient (Wildman–Crippen LogP) is 2.39. The number of benzene rings is 1. The first-order valence-electron chi connectivity index (χ1n) is 5.64. The molecule has 17 heavy (non-hydrogen) atoms. The molecule has 0 radical (unpaired) electrons. The lowest BCUT2D eigenvalue weighted by atomic mass is 9.82. The number of hydrazine groups is 1. The highest BCUT2D eigenvalue weighted by molar-refractivity contribution is 5.21. The largest absolute Gasteiger partial charge is 0.379 e. The molecule has 0 saturated heterocycles. The molecular weight excluding hydrogens is 219 g/mol. The first kappa shape index (κ1) is 14.1. The van der Waals surface area contributed by atoms with Gasteiger partial charge in [-0.15, -0.1) is 0 Å². The lowest BCUT2D eigenvalue weighted by Gasteiger charge is -2.35. The van der Waals surface area contributed by atoms with Crippen LogP contribution in [0.3, 0.4) is 0 Å². The number of nitrogens with two attached hydrogens (primary N) is 1. The Balaban J connectivity index is 3.05. The molecule has 0 aliphatic carbocycles. The first-order chi connectivity index (χ1) is 7.90. The molecule has 1 aromatic rings. The minimum atomic E-state index is -0.272. The van der Waals surface area contributed by atoms with Crippen LogP contribution in [-0.2, 0) is 4.74 Å². The summed E-state index contributed by atoms with van der Waals surface area (Å²) in [5.41, 5.74) is 3.40. The average Bonchev–Trinajstić information content (AvgIpc) is 2.23. The summed E-state index contributed by atoms with van der Waals surface area (Å²) >= 11 is 0. The summed E-state index contributed by atoms with van der Waals surface area (Å²) in [6.45, 7) is 6.18. The third kappa shape index (κ3) is 3.49. The number of hydrogen-bond donors (Lipinski definition) is 2. The van der Waals surface area contributed by atoms with Crippen LogP contribution in [0.1, 0.15) is 32.4 Å². The molecular formula is C13H21FN2O. The Morgan fingerprint density at radius 2 is 2.00 bits per heavy atom. The van der Waals surface area contributed by atoms with Crippen molar-refractivity contribution < 1.29 is 9.13 Å². The molecule has 4 heteroatoms. The maximum atomic E-state index is 13.2. The van der Waals surface area contributed by atoms with Crippen molar-refractivity contribution in [1.29, 1.82) is 0 Å². The zero-order valence-corrected chi connectivity index (χ0v) is 10.8. The molecule has 0 amide bonds. The third-order valence-electron chi connectivity index (χ3n) is 2.80. The van der Waals surface area contributed by atoms with Gasteiger partial charge in [0, 0.05) is 7.11 Å². The lowest BCUT2D eigenvalue weighted by Crippen LogP contribution is -2.44. The van der Waals surface area contributed by atoms with Crippen LogP contribution in [-0.4, -0.2) is 13.2 Å². The van der Waals surface area contributed by atoms with Crippen molar-refractivity contribution in [3.8, 4) is 0 Å². The first-order valence-corrected chi connectivity index (χ1v) is 5.64. The fourth-order valence-electron chi connectivity index (χ4n) is 2.05. The van der Waals surface area contributed by atoms with Gasteiger partial charge in [0.15, 0.2) is 0 Å². The Hall–Kier alpha value is -0.970. The van der Waals surface area contributed by atoms with Crippen LogP contribution in [0.15, 0.2) is 24.3 Å². The minimum Gasteiger partial charge on any atom is -0.379 e. The molecule has 0 saturated carbocycles. The van der Waals surface area contributed by atoms with Crippen LogP contribution in [0.2, 0.25) is 0 Å². The normalized spacial score (nSPS) is 15.6. The number of hydrogen-bond acceptors (Lipinski definition) is 3. The van der Waals surface area contributed by atoms with Gasteiger partial charge in [0.1, 0.15) is 5.82 Å². The summed E-state index contributed by atoms with van der Waals surface area (Å²) < 4.78 is 18.7. The molecule has 1 rings (SSSR count). The molecule has 2 atom stereocenters. The van der Waals surface area contributed by atoms with Crippen LogP contribution < -0.4 is 11.3 Å². The van der Waals surface area contributed by atoms with E-state index in [1.807, 2.05) is 6.07 Å². The summed E-state index contributed by atoms with van der Waals surface area (Å²) in [5.74, 6) is 5.30. The van der Waals surface area contributed by atoms with Crippen molar-refractivity contribution in [1.82, 2.24) is 5.43 Å². The van der Waals surface area contributed by atoms with E-state index in [1.54, 1.807) is 13.2 Å². The zero-order chi connectivity index (χ0) is 13.1. The number of nitrogens with one attached hydrogen (secondary N) is 1. The number of rotatable bonds is 4. The smallest absolute Gasteiger partial charge is 0.123 e. The monoisotopic (exact) mass is 240 g/mol. The van der Waals surface area contributed by atoms with E-state index in [0.29, 0.717) is 0 Å². The van der Waals surface area contributed by atoms with Gasteiger partial charge in [-0.05, 0) is 23.1 Å². The Labute approximate surface area is 102 Å². The molecule has 3 nitrogen and oxygen atoms in total. The van der Waals surface area contributed by atoms with E-state index in [1.165, 1.54) is 12.1 Å². The zero-order valence-electron chi connectivity index (χ0n) is 10.8. The van der Waals surface area contributed by atoms with Crippen LogP contribution in [0.5, 0.6) is 0 Å². The van der Waals surface area contributed by atoms with Crippen molar-refractivity contribution in [3.05, 3.63) is 35.6 Å². The topological polar surface area (TPSA) is 47.3 Å². The molecule has 0 aliphatic rings. The molecule has 0 spiro atoms. The van der Waals surface area contributed by atoms with Gasteiger partial charge in [-0.3, -0.25) is 11.3 Å². The molecule has 2 unspecified atom stereocenters. The summed E-state index contributed by atoms with van der Waals surface area (Å²) in [4.78, 5) is 0. The highest BCUT2D eigenvalue weighted by Crippen LogP contribution is 2.32. The van der Waals surface area contributed by atoms with Gasteiger partial charge in [0.05, 0.1) is 12.1 Å². The van der Waals surface area contributed by atoms with Crippen LogP contribution in [0, 0.1) is 11.2 Å². The standard InChI is InChI=1S/C13H21FN2O/c1-13(2,3)12(17-4)11(16-15)9-6-5-7-10(14)8-9/h5-8,11-12,16H,15H2,1-4H3. The molecule has 96 valence electrons. The van der Waals surface area contributed by atoms with Crippen LogP contribution in [0.4, 0.5) is 4.39 Å². The highest BCUT2D eigenvalue weighted by atomic mass is 19.1. The van der Waals surface area contributed by atoms with Crippen molar-refractivity contribution in [2.45, 2.75) is 32.9 Å². The number of halogens is 1. The van der Waals surface area contributed by atoms with E-state index in [4.69, 9.17) is 10.6 Å². The molecule has 3 N–H and O–H groups in total. The molecule has 0 aromatic heterocycles. The number of ether oxygens (including phenoxy) is 1. The molecule has 0 fully saturated rings. The van der Waals surface area contributed by atoms with Gasteiger partial charge in [0.25, 0.3) is 0 Å². The van der Waals surface area contributed by atoms with E-state index in [-0.39, 0.29) is 23.4 Å². The Morgan fingerprint density at radius 1 is 1.35 bits per heavy atom. The Bertz CT molecular complexity index is 363. The van der Waals surface area contributed by atoms with E-state index < -0.39 is 0 Å². The van der Waals surface area contributed by atoms with Crippen molar-refractivity contribution in [3.63, 3.8) is 0 Å². The number of methoxy groups -OCH3 is 1. The molecule has 0 bridgehead atoms. The summed E-state index contributed by atoms with van der Waals surface area (Å²) in [5, 5.41) is 0. The fourth-order valence-corrected chi connectivity index (χ4v) is 2.05. The summed E-state index contributed by atoms with van der Waals surface area (Å²) in [6, 6.07) is 6.16. The predicted molar refractivity (Wildman–Crippen MR) is 66.7 cm³/mol. The van der Waals surface area contributed by atoms with E-state index in [9.17, 15) is 4.39 Å². The van der Waals surface area contributed by atoms with Gasteiger partial charge < -0.3 is 4.74 Å². The van der Waals surface area contributed by atoms with Gasteiger partial charge >= 0.3 is 0 Å². The average molecular weight is 240 g/mol. The van der Waals surface area contributed by atoms with Crippen molar-refractivity contribution in [2.24, 2.45) is 11.3 Å². The van der Waals surface area contributed by atoms with Gasteiger partial charge in [-0.2, -0.15) is 0 Å². The van der Waals surface area contributed by atoms with Gasteiger partial charge in [-0.25, -0.2) is 4.39 Å². The summed E-state index contributed by atoms with van der Waals surface area (Å²) in [7, 11) is 1.64. The van der Waals surface area contributed by atoms with Crippen LogP contribution in [0.25, 0.3) is 0 Å². The Morgan fingerprint density at radius 3 is 2.41 bits per heavy atom. The maximum absolute atomic E-state index is 13.2. The summed E-state index contributed by atoms with van der Waals surface area (Å²) in [6.07, 6.45) is -0.144. The van der Waals surface area contributed by atoms with Crippen molar-refractivity contribution >= 4 is 0 Å². The van der Waals surface area contributed by atoms with E-state index >= 15 is 0 Å².